The van der Waals surface area contributed by atoms with Gasteiger partial charge in [-0.3, -0.25) is 0 Å². The average Bonchev–Trinajstić information content (AvgIpc) is 2.96. The second kappa shape index (κ2) is 14.0. The summed E-state index contributed by atoms with van der Waals surface area (Å²) in [5.41, 5.74) is 16.0. The number of hydrogen-bond acceptors (Lipinski definition) is 0. The fourth-order valence-corrected chi connectivity index (χ4v) is 13.4. The molecule has 0 N–H and O–H groups in total. The zero-order chi connectivity index (χ0) is 34.3. The van der Waals surface area contributed by atoms with E-state index < -0.39 is 15.8 Å². The maximum absolute atomic E-state index is 2.43. The number of hydrogen-bond donors (Lipinski definition) is 0. The van der Waals surface area contributed by atoms with E-state index in [9.17, 15) is 0 Å². The third-order valence-electron chi connectivity index (χ3n) is 9.09. The Morgan fingerprint density at radius 3 is 0.750 bits per heavy atom. The highest BCUT2D eigenvalue weighted by Crippen LogP contribution is 2.44. The van der Waals surface area contributed by atoms with Crippen LogP contribution in [0.2, 0.25) is 0 Å². The quantitative estimate of drug-likeness (QED) is 0.149. The van der Waals surface area contributed by atoms with Crippen LogP contribution >= 0.6 is 15.8 Å². The first-order valence-corrected chi connectivity index (χ1v) is 19.7. The van der Waals surface area contributed by atoms with E-state index in [1.54, 1.807) is 0 Å². The Kier molecular flexibility index (Phi) is 9.91. The molecule has 0 aromatic heterocycles. The van der Waals surface area contributed by atoms with Gasteiger partial charge in [-0.1, -0.05) is 154 Å². The van der Waals surface area contributed by atoms with E-state index in [-0.39, 0.29) is 0 Å². The monoisotopic (exact) mass is 662 g/mol. The molecular weight excluding hydrogens is 614 g/mol. The number of rotatable bonds is 7. The smallest absolute Gasteiger partial charge is 0.00617 e. The van der Waals surface area contributed by atoms with Crippen molar-refractivity contribution in [3.8, 4) is 11.1 Å². The molecule has 0 saturated carbocycles. The van der Waals surface area contributed by atoms with Crippen LogP contribution in [0.3, 0.4) is 0 Å². The Hall–Kier alpha value is -3.82. The molecule has 6 aromatic carbocycles. The van der Waals surface area contributed by atoms with Crippen molar-refractivity contribution in [1.82, 2.24) is 0 Å². The van der Waals surface area contributed by atoms with Crippen molar-refractivity contribution in [3.63, 3.8) is 0 Å². The molecule has 0 amide bonds. The molecule has 2 heteroatoms. The van der Waals surface area contributed by atoms with Gasteiger partial charge in [-0.2, -0.15) is 0 Å². The third kappa shape index (κ3) is 7.13. The lowest BCUT2D eigenvalue weighted by atomic mass is 9.96. The molecule has 0 saturated heterocycles. The molecule has 0 atom stereocenters. The van der Waals surface area contributed by atoms with Crippen molar-refractivity contribution < 1.29 is 0 Å². The van der Waals surface area contributed by atoms with E-state index >= 15 is 0 Å². The van der Waals surface area contributed by atoms with Crippen LogP contribution in [0.4, 0.5) is 0 Å². The molecule has 0 heterocycles. The minimum absolute atomic E-state index is 0.837. The maximum atomic E-state index is 2.43. The molecule has 0 unspecified atom stereocenters. The Morgan fingerprint density at radius 2 is 0.521 bits per heavy atom. The van der Waals surface area contributed by atoms with Gasteiger partial charge in [0.1, 0.15) is 0 Å². The highest BCUT2D eigenvalue weighted by atomic mass is 31.1. The summed E-state index contributed by atoms with van der Waals surface area (Å²) in [4.78, 5) is 0. The van der Waals surface area contributed by atoms with Gasteiger partial charge in [0.05, 0.1) is 0 Å². The fraction of sp³-hybridized carbons (Fsp3) is 0.217. The summed E-state index contributed by atoms with van der Waals surface area (Å²) in [7, 11) is -1.67. The van der Waals surface area contributed by atoms with E-state index in [4.69, 9.17) is 0 Å². The minimum Gasteiger partial charge on any atom is -0.0613 e. The third-order valence-corrected chi connectivity index (χ3v) is 13.9. The summed E-state index contributed by atoms with van der Waals surface area (Å²) >= 11 is 0. The van der Waals surface area contributed by atoms with Gasteiger partial charge >= 0.3 is 0 Å². The maximum Gasteiger partial charge on any atom is -0.00617 e. The van der Waals surface area contributed by atoms with Gasteiger partial charge in [0, 0.05) is 0 Å². The van der Waals surface area contributed by atoms with Gasteiger partial charge in [-0.15, -0.1) is 0 Å². The standard InChI is InChI=1S/C46H48P2/c1-29-17-30(2)22-39(21-29)47(40-23-31(3)18-32(4)24-40)43-15-11-13-37(9)45(43)46-38(10)14-12-16-44(46)48(41-25-33(5)19-34(6)26-41)42-27-35(7)20-36(8)28-42/h11-28H,1-10H3. The molecule has 0 bridgehead atoms. The van der Waals surface area contributed by atoms with Crippen molar-refractivity contribution >= 4 is 47.7 Å². The average molecular weight is 663 g/mol. The Labute approximate surface area is 291 Å². The molecule has 0 aliphatic rings. The van der Waals surface area contributed by atoms with Gasteiger partial charge in [0.15, 0.2) is 0 Å². The van der Waals surface area contributed by atoms with E-state index in [0.717, 1.165) is 0 Å². The number of benzene rings is 6. The van der Waals surface area contributed by atoms with Crippen LogP contribution in [-0.2, 0) is 0 Å². The Balaban J connectivity index is 1.71. The number of aryl methyl sites for hydroxylation is 10. The zero-order valence-electron chi connectivity index (χ0n) is 30.3. The van der Waals surface area contributed by atoms with Crippen LogP contribution < -0.4 is 31.8 Å². The normalized spacial score (nSPS) is 11.5. The van der Waals surface area contributed by atoms with Crippen molar-refractivity contribution in [2.45, 2.75) is 69.2 Å². The van der Waals surface area contributed by atoms with Gasteiger partial charge in [0.2, 0.25) is 0 Å². The van der Waals surface area contributed by atoms with Gasteiger partial charge in [-0.05, 0) is 139 Å². The van der Waals surface area contributed by atoms with Crippen LogP contribution in [-0.4, -0.2) is 0 Å². The predicted molar refractivity (Wildman–Crippen MR) is 217 cm³/mol. The topological polar surface area (TPSA) is 0 Å². The summed E-state index contributed by atoms with van der Waals surface area (Å²) in [6, 6.07) is 42.7. The van der Waals surface area contributed by atoms with Crippen LogP contribution in [0.25, 0.3) is 11.1 Å². The summed E-state index contributed by atoms with van der Waals surface area (Å²) < 4.78 is 0. The highest BCUT2D eigenvalue weighted by molar-refractivity contribution is 7.80. The molecule has 6 rings (SSSR count). The van der Waals surface area contributed by atoms with E-state index in [1.807, 2.05) is 0 Å². The molecule has 0 spiro atoms. The first-order chi connectivity index (χ1) is 22.9. The van der Waals surface area contributed by atoms with Crippen molar-refractivity contribution in [2.24, 2.45) is 0 Å². The molecule has 0 fully saturated rings. The first-order valence-electron chi connectivity index (χ1n) is 17.0. The summed E-state index contributed by atoms with van der Waals surface area (Å²) in [5, 5.41) is 8.54. The van der Waals surface area contributed by atoms with Crippen LogP contribution in [0.5, 0.6) is 0 Å². The lowest BCUT2D eigenvalue weighted by Gasteiger charge is -2.29. The summed E-state index contributed by atoms with van der Waals surface area (Å²) in [6.45, 7) is 22.6. The Morgan fingerprint density at radius 1 is 0.292 bits per heavy atom. The summed E-state index contributed by atoms with van der Waals surface area (Å²) in [6.07, 6.45) is 0. The highest BCUT2D eigenvalue weighted by Gasteiger charge is 2.28. The van der Waals surface area contributed by atoms with Crippen molar-refractivity contribution in [2.75, 3.05) is 0 Å². The Bertz CT molecular complexity index is 1810. The van der Waals surface area contributed by atoms with E-state index in [2.05, 4.69) is 178 Å². The lowest BCUT2D eigenvalue weighted by molar-refractivity contribution is 1.40. The summed E-state index contributed by atoms with van der Waals surface area (Å²) in [5.74, 6) is 0. The second-order valence-electron chi connectivity index (χ2n) is 14.0. The van der Waals surface area contributed by atoms with Gasteiger partial charge < -0.3 is 0 Å². The van der Waals surface area contributed by atoms with Gasteiger partial charge in [-0.25, -0.2) is 0 Å². The molecule has 0 nitrogen and oxygen atoms in total. The molecule has 6 aromatic rings. The molecule has 0 aliphatic carbocycles. The van der Waals surface area contributed by atoms with Crippen molar-refractivity contribution in [1.29, 1.82) is 0 Å². The second-order valence-corrected chi connectivity index (χ2v) is 18.4. The largest absolute Gasteiger partial charge is 0.0613 e. The zero-order valence-corrected chi connectivity index (χ0v) is 32.1. The molecule has 48 heavy (non-hydrogen) atoms. The van der Waals surface area contributed by atoms with E-state index in [0.29, 0.717) is 0 Å². The fourth-order valence-electron chi connectivity index (χ4n) is 7.50. The first kappa shape index (κ1) is 34.1. The van der Waals surface area contributed by atoms with Crippen molar-refractivity contribution in [3.05, 3.63) is 165 Å². The lowest BCUT2D eigenvalue weighted by Crippen LogP contribution is -2.27. The minimum atomic E-state index is -0.837. The van der Waals surface area contributed by atoms with E-state index in [1.165, 1.54) is 98.6 Å². The predicted octanol–water partition coefficient (Wildman–Crippen LogP) is 9.95. The molecule has 0 aliphatic heterocycles. The van der Waals surface area contributed by atoms with Gasteiger partial charge in [0.25, 0.3) is 0 Å². The molecule has 242 valence electrons. The van der Waals surface area contributed by atoms with Crippen LogP contribution in [0.15, 0.2) is 109 Å². The SMILES string of the molecule is Cc1cc(C)cc(P(c2cc(C)cc(C)c2)c2cccc(C)c2-c2c(C)cccc2P(c2cc(C)cc(C)c2)c2cc(C)cc(C)c2)c1. The molecular formula is C46H48P2. The molecule has 0 radical (unpaired) electrons. The van der Waals surface area contributed by atoms with Crippen LogP contribution in [0.1, 0.15) is 55.6 Å². The van der Waals surface area contributed by atoms with Crippen LogP contribution in [0, 0.1) is 69.2 Å².